The zero-order valence-corrected chi connectivity index (χ0v) is 7.66. The molecule has 2 rings (SSSR count). The fourth-order valence-corrected chi connectivity index (χ4v) is 1.91. The molecule has 1 atom stereocenters. The molecular weight excluding hydrogens is 160 g/mol. The average molecular weight is 174 g/mol. The van der Waals surface area contributed by atoms with Gasteiger partial charge in [-0.3, -0.25) is 0 Å². The Labute approximate surface area is 78.7 Å². The third kappa shape index (κ3) is 1.52. The second-order valence-electron chi connectivity index (χ2n) is 3.56. The number of hydrogen-bond acceptors (Lipinski definition) is 1. The summed E-state index contributed by atoms with van der Waals surface area (Å²) in [5.41, 5.74) is 3.81. The second kappa shape index (κ2) is 3.35. The molecule has 1 aromatic carbocycles. The third-order valence-corrected chi connectivity index (χ3v) is 2.69. The van der Waals surface area contributed by atoms with Gasteiger partial charge in [-0.2, -0.15) is 0 Å². The van der Waals surface area contributed by atoms with Crippen LogP contribution in [0.2, 0.25) is 0 Å². The van der Waals surface area contributed by atoms with Crippen molar-refractivity contribution in [2.75, 3.05) is 0 Å². The Kier molecular flexibility index (Phi) is 2.19. The van der Waals surface area contributed by atoms with Gasteiger partial charge < -0.3 is 5.11 Å². The van der Waals surface area contributed by atoms with Gasteiger partial charge in [0, 0.05) is 0 Å². The van der Waals surface area contributed by atoms with Gasteiger partial charge in [-0.15, -0.1) is 6.58 Å². The first-order valence-corrected chi connectivity index (χ1v) is 4.73. The van der Waals surface area contributed by atoms with Crippen molar-refractivity contribution in [1.29, 1.82) is 0 Å². The van der Waals surface area contributed by atoms with E-state index in [0.29, 0.717) is 0 Å². The Hall–Kier alpha value is -1.08. The summed E-state index contributed by atoms with van der Waals surface area (Å²) in [4.78, 5) is 0. The molecule has 1 nitrogen and oxygen atoms in total. The normalized spacial score (nSPS) is 16.7. The number of fused-ring (bicyclic) bond motifs is 1. The molecule has 0 radical (unpaired) electrons. The number of aliphatic hydroxyl groups excluding tert-OH is 1. The number of hydrogen-bond donors (Lipinski definition) is 1. The minimum atomic E-state index is -0.508. The van der Waals surface area contributed by atoms with Crippen LogP contribution in [0.25, 0.3) is 0 Å². The van der Waals surface area contributed by atoms with Gasteiger partial charge in [0.2, 0.25) is 0 Å². The fraction of sp³-hybridized carbons (Fsp3) is 0.333. The highest BCUT2D eigenvalue weighted by Crippen LogP contribution is 2.25. The highest BCUT2D eigenvalue weighted by Gasteiger charge is 2.12. The average Bonchev–Trinajstić information content (AvgIpc) is 2.63. The van der Waals surface area contributed by atoms with Crippen LogP contribution in [0, 0.1) is 0 Å². The Morgan fingerprint density at radius 3 is 2.85 bits per heavy atom. The maximum atomic E-state index is 9.54. The number of rotatable bonds is 2. The molecule has 1 aliphatic rings. The van der Waals surface area contributed by atoms with Gasteiger partial charge in [0.25, 0.3) is 0 Å². The summed E-state index contributed by atoms with van der Waals surface area (Å²) in [6, 6.07) is 6.23. The van der Waals surface area contributed by atoms with Crippen molar-refractivity contribution >= 4 is 0 Å². The lowest BCUT2D eigenvalue weighted by Gasteiger charge is -2.07. The molecule has 0 aromatic heterocycles. The molecule has 0 fully saturated rings. The van der Waals surface area contributed by atoms with E-state index in [2.05, 4.69) is 18.7 Å². The van der Waals surface area contributed by atoms with Crippen LogP contribution < -0.4 is 0 Å². The van der Waals surface area contributed by atoms with E-state index in [1.54, 1.807) is 6.08 Å². The Bertz CT molecular complexity index is 328. The highest BCUT2D eigenvalue weighted by molar-refractivity contribution is 5.36. The van der Waals surface area contributed by atoms with Gasteiger partial charge in [-0.25, -0.2) is 0 Å². The Morgan fingerprint density at radius 1 is 1.31 bits per heavy atom. The molecule has 0 saturated carbocycles. The van der Waals surface area contributed by atoms with E-state index in [4.69, 9.17) is 0 Å². The molecule has 13 heavy (non-hydrogen) atoms. The lowest BCUT2D eigenvalue weighted by molar-refractivity contribution is 0.229. The quantitative estimate of drug-likeness (QED) is 0.682. The van der Waals surface area contributed by atoms with Crippen molar-refractivity contribution in [3.05, 3.63) is 47.5 Å². The monoisotopic (exact) mass is 174 g/mol. The van der Waals surface area contributed by atoms with Gasteiger partial charge in [-0.1, -0.05) is 24.3 Å². The van der Waals surface area contributed by atoms with Crippen molar-refractivity contribution in [1.82, 2.24) is 0 Å². The van der Waals surface area contributed by atoms with E-state index in [1.165, 1.54) is 24.0 Å². The molecule has 1 aliphatic carbocycles. The second-order valence-corrected chi connectivity index (χ2v) is 3.56. The van der Waals surface area contributed by atoms with Crippen LogP contribution in [0.1, 0.15) is 29.2 Å². The van der Waals surface area contributed by atoms with Gasteiger partial charge in [0.1, 0.15) is 0 Å². The summed E-state index contributed by atoms with van der Waals surface area (Å²) < 4.78 is 0. The number of aryl methyl sites for hydroxylation is 2. The number of aliphatic hydroxyl groups is 1. The maximum Gasteiger partial charge on any atom is 0.0969 e. The summed E-state index contributed by atoms with van der Waals surface area (Å²) in [7, 11) is 0. The largest absolute Gasteiger partial charge is 0.384 e. The molecule has 1 heteroatoms. The molecule has 0 bridgehead atoms. The zero-order chi connectivity index (χ0) is 9.26. The summed E-state index contributed by atoms with van der Waals surface area (Å²) in [6.07, 6.45) is 4.66. The van der Waals surface area contributed by atoms with Crippen LogP contribution in [0.4, 0.5) is 0 Å². The first-order chi connectivity index (χ1) is 6.31. The zero-order valence-electron chi connectivity index (χ0n) is 7.66. The van der Waals surface area contributed by atoms with Crippen molar-refractivity contribution in [2.24, 2.45) is 0 Å². The van der Waals surface area contributed by atoms with Crippen molar-refractivity contribution in [2.45, 2.75) is 25.4 Å². The smallest absolute Gasteiger partial charge is 0.0969 e. The van der Waals surface area contributed by atoms with Crippen LogP contribution in [0.15, 0.2) is 30.9 Å². The molecule has 1 aromatic rings. The molecule has 0 aliphatic heterocycles. The third-order valence-electron chi connectivity index (χ3n) is 2.69. The van der Waals surface area contributed by atoms with E-state index in [1.807, 2.05) is 6.07 Å². The summed E-state index contributed by atoms with van der Waals surface area (Å²) >= 11 is 0. The molecule has 1 unspecified atom stereocenters. The molecular formula is C12H14O. The Balaban J connectivity index is 2.35. The SMILES string of the molecule is C=CC(O)c1ccc2c(c1)CCC2. The maximum absolute atomic E-state index is 9.54. The predicted molar refractivity (Wildman–Crippen MR) is 53.6 cm³/mol. The lowest BCUT2D eigenvalue weighted by Crippen LogP contribution is -1.94. The molecule has 1 N–H and O–H groups in total. The minimum absolute atomic E-state index is 0.508. The summed E-state index contributed by atoms with van der Waals surface area (Å²) in [5.74, 6) is 0. The van der Waals surface area contributed by atoms with Crippen molar-refractivity contribution in [3.63, 3.8) is 0 Å². The van der Waals surface area contributed by atoms with E-state index in [9.17, 15) is 5.11 Å². The fourth-order valence-electron chi connectivity index (χ4n) is 1.91. The van der Waals surface area contributed by atoms with Gasteiger partial charge in [0.05, 0.1) is 6.10 Å². The standard InChI is InChI=1S/C12H14O/c1-2-12(13)11-7-6-9-4-3-5-10(9)8-11/h2,6-8,12-13H,1,3-5H2. The lowest BCUT2D eigenvalue weighted by atomic mass is 10.0. The van der Waals surface area contributed by atoms with Crippen LogP contribution in [-0.2, 0) is 12.8 Å². The van der Waals surface area contributed by atoms with E-state index >= 15 is 0 Å². The Morgan fingerprint density at radius 2 is 2.08 bits per heavy atom. The number of benzene rings is 1. The molecule has 0 spiro atoms. The topological polar surface area (TPSA) is 20.2 Å². The van der Waals surface area contributed by atoms with Gasteiger partial charge in [-0.05, 0) is 36.0 Å². The predicted octanol–water partition coefficient (Wildman–Crippen LogP) is 2.39. The van der Waals surface area contributed by atoms with E-state index in [0.717, 1.165) is 12.0 Å². The van der Waals surface area contributed by atoms with Crippen molar-refractivity contribution < 1.29 is 5.11 Å². The van der Waals surface area contributed by atoms with Crippen molar-refractivity contribution in [3.8, 4) is 0 Å². The van der Waals surface area contributed by atoms with E-state index < -0.39 is 6.10 Å². The molecule has 0 heterocycles. The summed E-state index contributed by atoms with van der Waals surface area (Å²) in [5, 5.41) is 9.54. The van der Waals surface area contributed by atoms with Gasteiger partial charge in [0.15, 0.2) is 0 Å². The first kappa shape index (κ1) is 8.52. The van der Waals surface area contributed by atoms with Crippen LogP contribution in [0.5, 0.6) is 0 Å². The van der Waals surface area contributed by atoms with Crippen LogP contribution in [-0.4, -0.2) is 5.11 Å². The highest BCUT2D eigenvalue weighted by atomic mass is 16.3. The minimum Gasteiger partial charge on any atom is -0.384 e. The van der Waals surface area contributed by atoms with E-state index in [-0.39, 0.29) is 0 Å². The van der Waals surface area contributed by atoms with Gasteiger partial charge >= 0.3 is 0 Å². The molecule has 0 amide bonds. The van der Waals surface area contributed by atoms with Crippen LogP contribution in [0.3, 0.4) is 0 Å². The molecule has 68 valence electrons. The summed E-state index contributed by atoms with van der Waals surface area (Å²) in [6.45, 7) is 3.58. The van der Waals surface area contributed by atoms with Crippen LogP contribution >= 0.6 is 0 Å². The molecule has 0 saturated heterocycles. The first-order valence-electron chi connectivity index (χ1n) is 4.73.